The van der Waals surface area contributed by atoms with Crippen molar-refractivity contribution in [2.75, 3.05) is 13.6 Å². The van der Waals surface area contributed by atoms with Gasteiger partial charge in [-0.05, 0) is 13.5 Å². The summed E-state index contributed by atoms with van der Waals surface area (Å²) in [4.78, 5) is 21.9. The average molecular weight is 235 g/mol. The molecule has 1 aliphatic heterocycles. The van der Waals surface area contributed by atoms with E-state index in [1.807, 2.05) is 14.0 Å². The molecule has 2 rings (SSSR count). The summed E-state index contributed by atoms with van der Waals surface area (Å²) in [5, 5.41) is 9.22. The first-order valence-electron chi connectivity index (χ1n) is 5.87. The minimum atomic E-state index is -0.804. The number of rotatable bonds is 3. The van der Waals surface area contributed by atoms with E-state index in [1.165, 1.54) is 6.33 Å². The van der Waals surface area contributed by atoms with Gasteiger partial charge in [0, 0.05) is 30.8 Å². The predicted octanol–water partition coefficient (Wildman–Crippen LogP) is 1.04. The van der Waals surface area contributed by atoms with Gasteiger partial charge >= 0.3 is 5.97 Å². The van der Waals surface area contributed by atoms with Crippen molar-refractivity contribution in [1.29, 1.82) is 0 Å². The normalized spacial score (nSPS) is 17.5. The van der Waals surface area contributed by atoms with Crippen molar-refractivity contribution >= 4 is 5.97 Å². The van der Waals surface area contributed by atoms with Crippen LogP contribution in [0.4, 0.5) is 0 Å². The highest BCUT2D eigenvalue weighted by Gasteiger charge is 2.26. The zero-order chi connectivity index (χ0) is 12.4. The molecule has 1 unspecified atom stereocenters. The van der Waals surface area contributed by atoms with Crippen LogP contribution >= 0.6 is 0 Å². The molecule has 0 saturated carbocycles. The first kappa shape index (κ1) is 12.0. The van der Waals surface area contributed by atoms with Crippen molar-refractivity contribution < 1.29 is 9.90 Å². The standard InChI is InChI=1S/C12H17N3O2/c1-3-8(12(16)17)11-9-6-15(2)5-4-10(9)13-7-14-11/h7-8H,3-6H2,1-2H3,(H,16,17). The van der Waals surface area contributed by atoms with E-state index in [9.17, 15) is 9.90 Å². The number of nitrogens with zero attached hydrogens (tertiary/aromatic N) is 3. The van der Waals surface area contributed by atoms with Gasteiger partial charge in [-0.2, -0.15) is 0 Å². The second-order valence-corrected chi connectivity index (χ2v) is 4.47. The molecule has 0 amide bonds. The topological polar surface area (TPSA) is 66.3 Å². The van der Waals surface area contributed by atoms with Crippen LogP contribution in [0.2, 0.25) is 0 Å². The third-order valence-corrected chi connectivity index (χ3v) is 3.26. The maximum Gasteiger partial charge on any atom is 0.312 e. The lowest BCUT2D eigenvalue weighted by molar-refractivity contribution is -0.139. The van der Waals surface area contributed by atoms with Gasteiger partial charge in [0.1, 0.15) is 6.33 Å². The number of aromatic nitrogens is 2. The molecule has 17 heavy (non-hydrogen) atoms. The highest BCUT2D eigenvalue weighted by atomic mass is 16.4. The van der Waals surface area contributed by atoms with Crippen LogP contribution in [0.15, 0.2) is 6.33 Å². The molecule has 5 heteroatoms. The molecular formula is C12H17N3O2. The first-order valence-corrected chi connectivity index (χ1v) is 5.87. The summed E-state index contributed by atoms with van der Waals surface area (Å²) in [6.07, 6.45) is 2.92. The molecule has 0 bridgehead atoms. The van der Waals surface area contributed by atoms with Crippen molar-refractivity contribution in [3.63, 3.8) is 0 Å². The molecule has 5 nitrogen and oxygen atoms in total. The molecule has 2 heterocycles. The molecule has 1 atom stereocenters. The molecule has 0 fully saturated rings. The van der Waals surface area contributed by atoms with Gasteiger partial charge in [-0.15, -0.1) is 0 Å². The zero-order valence-corrected chi connectivity index (χ0v) is 10.2. The number of likely N-dealkylation sites (N-methyl/N-ethyl adjacent to an activating group) is 1. The molecule has 0 radical (unpaired) electrons. The van der Waals surface area contributed by atoms with Gasteiger partial charge in [-0.1, -0.05) is 6.92 Å². The molecule has 1 aromatic heterocycles. The summed E-state index contributed by atoms with van der Waals surface area (Å²) in [6, 6.07) is 0. The molecule has 0 saturated heterocycles. The number of fused-ring (bicyclic) bond motifs is 1. The Labute approximate surface area is 100 Å². The van der Waals surface area contributed by atoms with E-state index in [1.54, 1.807) is 0 Å². The van der Waals surface area contributed by atoms with E-state index in [2.05, 4.69) is 14.9 Å². The SMILES string of the molecule is CCC(C(=O)O)c1ncnc2c1CN(C)CC2. The minimum absolute atomic E-state index is 0.516. The molecule has 0 aliphatic carbocycles. The molecule has 92 valence electrons. The molecular weight excluding hydrogens is 218 g/mol. The predicted molar refractivity (Wildman–Crippen MR) is 62.7 cm³/mol. The zero-order valence-electron chi connectivity index (χ0n) is 10.2. The van der Waals surface area contributed by atoms with Crippen LogP contribution < -0.4 is 0 Å². The largest absolute Gasteiger partial charge is 0.481 e. The van der Waals surface area contributed by atoms with Gasteiger partial charge in [0.15, 0.2) is 0 Å². The highest BCUT2D eigenvalue weighted by Crippen LogP contribution is 2.26. The maximum atomic E-state index is 11.2. The Morgan fingerprint density at radius 2 is 2.35 bits per heavy atom. The number of carboxylic acids is 1. The fourth-order valence-electron chi connectivity index (χ4n) is 2.28. The summed E-state index contributed by atoms with van der Waals surface area (Å²) in [7, 11) is 2.03. The average Bonchev–Trinajstić information content (AvgIpc) is 2.30. The maximum absolute atomic E-state index is 11.2. The van der Waals surface area contributed by atoms with Crippen molar-refractivity contribution in [2.24, 2.45) is 0 Å². The van der Waals surface area contributed by atoms with E-state index in [0.717, 1.165) is 30.8 Å². The molecule has 1 N–H and O–H groups in total. The van der Waals surface area contributed by atoms with Crippen LogP contribution in [0.3, 0.4) is 0 Å². The van der Waals surface area contributed by atoms with Crippen LogP contribution in [-0.2, 0) is 17.8 Å². The lowest BCUT2D eigenvalue weighted by atomic mass is 9.94. The number of hydrogen-bond donors (Lipinski definition) is 1. The second-order valence-electron chi connectivity index (χ2n) is 4.47. The quantitative estimate of drug-likeness (QED) is 0.848. The van der Waals surface area contributed by atoms with Gasteiger partial charge in [0.25, 0.3) is 0 Å². The van der Waals surface area contributed by atoms with Gasteiger partial charge in [-0.25, -0.2) is 9.97 Å². The highest BCUT2D eigenvalue weighted by molar-refractivity contribution is 5.75. The van der Waals surface area contributed by atoms with Crippen LogP contribution in [0.1, 0.15) is 36.2 Å². The fourth-order valence-corrected chi connectivity index (χ4v) is 2.28. The summed E-state index contributed by atoms with van der Waals surface area (Å²) in [5.41, 5.74) is 2.71. The van der Waals surface area contributed by atoms with Crippen molar-refractivity contribution in [3.8, 4) is 0 Å². The minimum Gasteiger partial charge on any atom is -0.481 e. The van der Waals surface area contributed by atoms with Gasteiger partial charge in [0.05, 0.1) is 11.6 Å². The third-order valence-electron chi connectivity index (χ3n) is 3.26. The molecule has 0 spiro atoms. The Hall–Kier alpha value is -1.49. The van der Waals surface area contributed by atoms with Crippen molar-refractivity contribution in [2.45, 2.75) is 32.2 Å². The Morgan fingerprint density at radius 3 is 3.00 bits per heavy atom. The smallest absolute Gasteiger partial charge is 0.312 e. The van der Waals surface area contributed by atoms with Crippen molar-refractivity contribution in [1.82, 2.24) is 14.9 Å². The van der Waals surface area contributed by atoms with Crippen LogP contribution in [0.25, 0.3) is 0 Å². The van der Waals surface area contributed by atoms with E-state index >= 15 is 0 Å². The van der Waals surface area contributed by atoms with Gasteiger partial charge in [-0.3, -0.25) is 4.79 Å². The number of carboxylic acid groups (broad SMARTS) is 1. The summed E-state index contributed by atoms with van der Waals surface area (Å²) >= 11 is 0. The van der Waals surface area contributed by atoms with E-state index in [-0.39, 0.29) is 0 Å². The lowest BCUT2D eigenvalue weighted by Gasteiger charge is -2.26. The molecule has 1 aromatic rings. The van der Waals surface area contributed by atoms with E-state index < -0.39 is 11.9 Å². The Balaban J connectivity index is 2.44. The first-order chi connectivity index (χ1) is 8.13. The van der Waals surface area contributed by atoms with Crippen LogP contribution in [0.5, 0.6) is 0 Å². The van der Waals surface area contributed by atoms with Crippen molar-refractivity contribution in [3.05, 3.63) is 23.3 Å². The summed E-state index contributed by atoms with van der Waals surface area (Å²) in [6.45, 7) is 3.59. The number of hydrogen-bond acceptors (Lipinski definition) is 4. The van der Waals surface area contributed by atoms with Crippen LogP contribution in [-0.4, -0.2) is 39.5 Å². The number of aliphatic carboxylic acids is 1. The monoisotopic (exact) mass is 235 g/mol. The lowest BCUT2D eigenvalue weighted by Crippen LogP contribution is -2.30. The number of carbonyl (C=O) groups is 1. The Bertz CT molecular complexity index is 434. The fraction of sp³-hybridized carbons (Fsp3) is 0.583. The van der Waals surface area contributed by atoms with E-state index in [4.69, 9.17) is 0 Å². The molecule has 0 aromatic carbocycles. The van der Waals surface area contributed by atoms with Crippen LogP contribution in [0, 0.1) is 0 Å². The third kappa shape index (κ3) is 2.29. The summed E-state index contributed by atoms with van der Waals surface area (Å²) < 4.78 is 0. The Kier molecular flexibility index (Phi) is 3.38. The molecule has 1 aliphatic rings. The Morgan fingerprint density at radius 1 is 1.59 bits per heavy atom. The van der Waals surface area contributed by atoms with Gasteiger partial charge < -0.3 is 10.0 Å². The van der Waals surface area contributed by atoms with Gasteiger partial charge in [0.2, 0.25) is 0 Å². The van der Waals surface area contributed by atoms with E-state index in [0.29, 0.717) is 12.1 Å². The second kappa shape index (κ2) is 4.79. The summed E-state index contributed by atoms with van der Waals surface area (Å²) in [5.74, 6) is -1.32.